The minimum atomic E-state index is -3.73. The lowest BCUT2D eigenvalue weighted by molar-refractivity contribution is 0.281. The molecule has 4 aromatic rings. The fourth-order valence-electron chi connectivity index (χ4n) is 4.60. The van der Waals surface area contributed by atoms with Gasteiger partial charge in [-0.25, -0.2) is 13.4 Å². The Morgan fingerprint density at radius 1 is 1.11 bits per heavy atom. The van der Waals surface area contributed by atoms with Crippen LogP contribution < -0.4 is 14.8 Å². The molecule has 1 saturated heterocycles. The summed E-state index contributed by atoms with van der Waals surface area (Å²) < 4.78 is 41.4. The average molecular weight is 621 g/mol. The number of piperidine rings is 1. The molecule has 38 heavy (non-hydrogen) atoms. The quantitative estimate of drug-likeness (QED) is 0.284. The largest absolute Gasteiger partial charge is 0.497 e. The third-order valence-electron chi connectivity index (χ3n) is 6.71. The van der Waals surface area contributed by atoms with Crippen LogP contribution in [0.5, 0.6) is 11.5 Å². The van der Waals surface area contributed by atoms with Crippen LogP contribution in [0.25, 0.3) is 16.9 Å². The van der Waals surface area contributed by atoms with Gasteiger partial charge in [-0.05, 0) is 52.9 Å². The first-order valence-electron chi connectivity index (χ1n) is 12.1. The Morgan fingerprint density at radius 2 is 1.87 bits per heavy atom. The normalized spacial score (nSPS) is 15.1. The van der Waals surface area contributed by atoms with Crippen molar-refractivity contribution in [3.8, 4) is 22.8 Å². The number of halogens is 2. The fourth-order valence-corrected chi connectivity index (χ4v) is 6.82. The van der Waals surface area contributed by atoms with Gasteiger partial charge in [-0.3, -0.25) is 0 Å². The van der Waals surface area contributed by atoms with E-state index >= 15 is 0 Å². The average Bonchev–Trinajstić information content (AvgIpc) is 3.32. The van der Waals surface area contributed by atoms with Crippen LogP contribution in [-0.4, -0.2) is 61.2 Å². The van der Waals surface area contributed by atoms with E-state index in [0.717, 1.165) is 21.5 Å². The van der Waals surface area contributed by atoms with Crippen LogP contribution in [0.4, 0.5) is 5.82 Å². The smallest absolute Gasteiger partial charge is 0.246 e. The Hall–Kier alpha value is -2.86. The molecule has 5 rings (SSSR count). The summed E-state index contributed by atoms with van der Waals surface area (Å²) >= 11 is 9.97. The lowest BCUT2D eigenvalue weighted by atomic mass is 9.98. The van der Waals surface area contributed by atoms with Crippen molar-refractivity contribution in [3.63, 3.8) is 0 Å². The molecule has 0 bridgehead atoms. The molecule has 1 fully saturated rings. The van der Waals surface area contributed by atoms with E-state index < -0.39 is 10.0 Å². The number of fused-ring (bicyclic) bond motifs is 1. The number of methoxy groups -OCH3 is 2. The van der Waals surface area contributed by atoms with Crippen molar-refractivity contribution in [2.45, 2.75) is 17.7 Å². The molecule has 0 unspecified atom stereocenters. The molecule has 0 aliphatic carbocycles. The standard InChI is InChI=1S/C26H27BrClN5O4S/c1-36-18-7-8-23(37-2)24(13-18)38(34,35)32-11-9-17(10-12-32)15-29-25-14-22(19-5-3-4-6-21(19)28)31-26-20(27)16-30-33(25)26/h3-8,13-14,16-17,29H,9-12,15H2,1-2H3. The number of ether oxygens (including phenoxy) is 2. The van der Waals surface area contributed by atoms with Gasteiger partial charge in [0.25, 0.3) is 0 Å². The van der Waals surface area contributed by atoms with E-state index in [1.807, 2.05) is 30.3 Å². The third-order valence-corrected chi connectivity index (χ3v) is 9.52. The summed E-state index contributed by atoms with van der Waals surface area (Å²) in [6, 6.07) is 14.3. The van der Waals surface area contributed by atoms with Crippen LogP contribution in [0.3, 0.4) is 0 Å². The van der Waals surface area contributed by atoms with Crippen LogP contribution in [-0.2, 0) is 10.0 Å². The molecular weight excluding hydrogens is 594 g/mol. The highest BCUT2D eigenvalue weighted by Gasteiger charge is 2.32. The molecule has 200 valence electrons. The van der Waals surface area contributed by atoms with Crippen molar-refractivity contribution in [2.24, 2.45) is 5.92 Å². The summed E-state index contributed by atoms with van der Waals surface area (Å²) in [5, 5.41) is 8.58. The van der Waals surface area contributed by atoms with Gasteiger partial charge in [0.05, 0.1) is 30.6 Å². The predicted molar refractivity (Wildman–Crippen MR) is 151 cm³/mol. The predicted octanol–water partition coefficient (Wildman–Crippen LogP) is 5.34. The first-order chi connectivity index (χ1) is 18.3. The van der Waals surface area contributed by atoms with Gasteiger partial charge in [0.2, 0.25) is 10.0 Å². The molecule has 12 heteroatoms. The van der Waals surface area contributed by atoms with Crippen molar-refractivity contribution < 1.29 is 17.9 Å². The molecule has 1 aliphatic heterocycles. The number of benzene rings is 2. The topological polar surface area (TPSA) is 98.1 Å². The highest BCUT2D eigenvalue weighted by molar-refractivity contribution is 9.10. The van der Waals surface area contributed by atoms with Crippen molar-refractivity contribution in [3.05, 3.63) is 64.2 Å². The molecule has 0 amide bonds. The molecule has 0 atom stereocenters. The maximum Gasteiger partial charge on any atom is 0.246 e. The highest BCUT2D eigenvalue weighted by Crippen LogP contribution is 2.33. The molecular formula is C26H27BrClN5O4S. The summed E-state index contributed by atoms with van der Waals surface area (Å²) in [5.74, 6) is 1.83. The summed E-state index contributed by atoms with van der Waals surface area (Å²) in [6.07, 6.45) is 3.14. The zero-order valence-corrected chi connectivity index (χ0v) is 24.1. The van der Waals surface area contributed by atoms with E-state index in [-0.39, 0.29) is 10.8 Å². The fraction of sp³-hybridized carbons (Fsp3) is 0.308. The van der Waals surface area contributed by atoms with Gasteiger partial charge in [0, 0.05) is 42.4 Å². The number of aromatic nitrogens is 3. The van der Waals surface area contributed by atoms with Crippen molar-refractivity contribution in [2.75, 3.05) is 39.2 Å². The number of nitrogens with zero attached hydrogens (tertiary/aromatic N) is 4. The van der Waals surface area contributed by atoms with Crippen molar-refractivity contribution >= 4 is 49.0 Å². The third kappa shape index (κ3) is 5.20. The number of sulfonamides is 1. The van der Waals surface area contributed by atoms with Crippen molar-refractivity contribution in [1.29, 1.82) is 0 Å². The SMILES string of the molecule is COc1ccc(OC)c(S(=O)(=O)N2CCC(CNc3cc(-c4ccccc4Cl)nc4c(Br)cnn34)CC2)c1. The molecule has 1 aliphatic rings. The van der Waals surface area contributed by atoms with E-state index in [2.05, 4.69) is 26.3 Å². The summed E-state index contributed by atoms with van der Waals surface area (Å²) in [6.45, 7) is 1.49. The van der Waals surface area contributed by atoms with Crippen LogP contribution in [0.15, 0.2) is 64.1 Å². The summed E-state index contributed by atoms with van der Waals surface area (Å²) in [7, 11) is -0.758. The number of hydrogen-bond acceptors (Lipinski definition) is 7. The molecule has 2 aromatic heterocycles. The Labute approximate surface area is 234 Å². The van der Waals surface area contributed by atoms with E-state index in [9.17, 15) is 8.42 Å². The second-order valence-electron chi connectivity index (χ2n) is 8.98. The first-order valence-corrected chi connectivity index (χ1v) is 14.7. The lowest BCUT2D eigenvalue weighted by Gasteiger charge is -2.31. The Kier molecular flexibility index (Phi) is 7.80. The molecule has 9 nitrogen and oxygen atoms in total. The number of rotatable bonds is 8. The Balaban J connectivity index is 1.31. The number of anilines is 1. The first kappa shape index (κ1) is 26.7. The highest BCUT2D eigenvalue weighted by atomic mass is 79.9. The van der Waals surface area contributed by atoms with Gasteiger partial charge in [-0.15, -0.1) is 0 Å². The van der Waals surface area contributed by atoms with Crippen molar-refractivity contribution in [1.82, 2.24) is 18.9 Å². The van der Waals surface area contributed by atoms with Gasteiger partial charge in [-0.1, -0.05) is 29.8 Å². The maximum absolute atomic E-state index is 13.4. The molecule has 3 heterocycles. The zero-order valence-electron chi connectivity index (χ0n) is 20.9. The van der Waals surface area contributed by atoms with E-state index in [1.165, 1.54) is 24.6 Å². The molecule has 2 aromatic carbocycles. The second kappa shape index (κ2) is 11.1. The van der Waals surface area contributed by atoms with Gasteiger partial charge < -0.3 is 14.8 Å². The van der Waals surface area contributed by atoms with E-state index in [4.69, 9.17) is 26.1 Å². The monoisotopic (exact) mass is 619 g/mol. The molecule has 0 spiro atoms. The van der Waals surface area contributed by atoms with Gasteiger partial charge in [-0.2, -0.15) is 13.9 Å². The molecule has 0 saturated carbocycles. The van der Waals surface area contributed by atoms with Gasteiger partial charge in [0.15, 0.2) is 5.65 Å². The van der Waals surface area contributed by atoms with Gasteiger partial charge in [0.1, 0.15) is 22.2 Å². The Bertz CT molecular complexity index is 1570. The van der Waals surface area contributed by atoms with Crippen LogP contribution in [0.2, 0.25) is 5.02 Å². The summed E-state index contributed by atoms with van der Waals surface area (Å²) in [4.78, 5) is 4.87. The van der Waals surface area contributed by atoms with Gasteiger partial charge >= 0.3 is 0 Å². The zero-order chi connectivity index (χ0) is 26.9. The minimum Gasteiger partial charge on any atom is -0.497 e. The molecule has 0 radical (unpaired) electrons. The summed E-state index contributed by atoms with van der Waals surface area (Å²) in [5.41, 5.74) is 2.25. The number of nitrogens with one attached hydrogen (secondary N) is 1. The minimum absolute atomic E-state index is 0.117. The maximum atomic E-state index is 13.4. The van der Waals surface area contributed by atoms with Crippen LogP contribution in [0.1, 0.15) is 12.8 Å². The Morgan fingerprint density at radius 3 is 2.58 bits per heavy atom. The van der Waals surface area contributed by atoms with E-state index in [1.54, 1.807) is 22.8 Å². The number of hydrogen-bond donors (Lipinski definition) is 1. The van der Waals surface area contributed by atoms with Crippen LogP contribution >= 0.6 is 27.5 Å². The van der Waals surface area contributed by atoms with E-state index in [0.29, 0.717) is 54.6 Å². The second-order valence-corrected chi connectivity index (χ2v) is 12.1. The van der Waals surface area contributed by atoms with Crippen LogP contribution in [0, 0.1) is 5.92 Å². The molecule has 1 N–H and O–H groups in total. The lowest BCUT2D eigenvalue weighted by Crippen LogP contribution is -2.40.